The topological polar surface area (TPSA) is 46.6 Å². The fraction of sp³-hybridized carbons (Fsp3) is 0.333. The summed E-state index contributed by atoms with van der Waals surface area (Å²) in [5.74, 6) is 0.122. The summed E-state index contributed by atoms with van der Waals surface area (Å²) in [4.78, 5) is 9.10. The van der Waals surface area contributed by atoms with Gasteiger partial charge in [0, 0.05) is 41.8 Å². The Morgan fingerprint density at radius 3 is 2.52 bits per heavy atom. The Balaban J connectivity index is 1.60. The van der Waals surface area contributed by atoms with E-state index >= 15 is 0 Å². The second-order valence-electron chi connectivity index (χ2n) is 7.49. The predicted octanol–water partition coefficient (Wildman–Crippen LogP) is 3.87. The van der Waals surface area contributed by atoms with Crippen molar-refractivity contribution in [1.82, 2.24) is 24.1 Å². The number of rotatable bonds is 2. The first-order valence-electron chi connectivity index (χ1n) is 9.44. The molecule has 6 heteroatoms. The molecule has 0 aliphatic carbocycles. The third-order valence-electron chi connectivity index (χ3n) is 5.50. The maximum atomic E-state index is 14.8. The van der Waals surface area contributed by atoms with Crippen LogP contribution in [-0.4, -0.2) is 31.9 Å². The van der Waals surface area contributed by atoms with E-state index in [0.717, 1.165) is 59.7 Å². The first-order chi connectivity index (χ1) is 13.1. The smallest absolute Gasteiger partial charge is 0.173 e. The molecule has 1 saturated heterocycles. The third-order valence-corrected chi connectivity index (χ3v) is 5.50. The zero-order valence-electron chi connectivity index (χ0n) is 15.5. The maximum absolute atomic E-state index is 14.8. The molecular formula is C21H22FN5. The summed E-state index contributed by atoms with van der Waals surface area (Å²) >= 11 is 0. The van der Waals surface area contributed by atoms with Crippen molar-refractivity contribution < 1.29 is 4.39 Å². The van der Waals surface area contributed by atoms with Crippen molar-refractivity contribution in [3.05, 3.63) is 59.8 Å². The van der Waals surface area contributed by atoms with E-state index in [1.54, 1.807) is 6.07 Å². The van der Waals surface area contributed by atoms with Crippen molar-refractivity contribution in [2.24, 2.45) is 0 Å². The fourth-order valence-corrected chi connectivity index (χ4v) is 4.13. The second kappa shape index (κ2) is 6.16. The summed E-state index contributed by atoms with van der Waals surface area (Å²) in [5.41, 5.74) is 6.19. The van der Waals surface area contributed by atoms with Gasteiger partial charge in [-0.2, -0.15) is 0 Å². The van der Waals surface area contributed by atoms with Crippen molar-refractivity contribution in [3.63, 3.8) is 0 Å². The van der Waals surface area contributed by atoms with Crippen LogP contribution in [0.4, 0.5) is 4.39 Å². The molecule has 5 heterocycles. The van der Waals surface area contributed by atoms with Crippen LogP contribution in [0.3, 0.4) is 0 Å². The SMILES string of the molecule is Cc1cn2cc(-c3cc(F)c4nc(C5CCNCC5)cn4c3)cc2c(C)n1. The number of hydrogen-bond donors (Lipinski definition) is 1. The van der Waals surface area contributed by atoms with E-state index in [2.05, 4.69) is 25.8 Å². The molecule has 0 unspecified atom stereocenters. The fourth-order valence-electron chi connectivity index (χ4n) is 4.13. The lowest BCUT2D eigenvalue weighted by Crippen LogP contribution is -2.26. The Morgan fingerprint density at radius 2 is 1.70 bits per heavy atom. The number of fused-ring (bicyclic) bond motifs is 2. The number of aromatic nitrogens is 4. The van der Waals surface area contributed by atoms with Gasteiger partial charge in [-0.3, -0.25) is 4.98 Å². The average molecular weight is 363 g/mol. The monoisotopic (exact) mass is 363 g/mol. The lowest BCUT2D eigenvalue weighted by Gasteiger charge is -2.20. The van der Waals surface area contributed by atoms with E-state index in [0.29, 0.717) is 11.6 Å². The Labute approximate surface area is 156 Å². The van der Waals surface area contributed by atoms with Crippen molar-refractivity contribution in [3.8, 4) is 11.1 Å². The molecular weight excluding hydrogens is 341 g/mol. The molecule has 1 aliphatic heterocycles. The van der Waals surface area contributed by atoms with E-state index in [4.69, 9.17) is 0 Å². The number of nitrogens with one attached hydrogen (secondary N) is 1. The molecule has 5 rings (SSSR count). The summed E-state index contributed by atoms with van der Waals surface area (Å²) < 4.78 is 18.7. The van der Waals surface area contributed by atoms with Gasteiger partial charge in [-0.1, -0.05) is 0 Å². The van der Waals surface area contributed by atoms with Gasteiger partial charge in [0.15, 0.2) is 11.5 Å². The predicted molar refractivity (Wildman–Crippen MR) is 104 cm³/mol. The lowest BCUT2D eigenvalue weighted by atomic mass is 9.95. The van der Waals surface area contributed by atoms with Crippen molar-refractivity contribution in [1.29, 1.82) is 0 Å². The molecule has 0 atom stereocenters. The highest BCUT2D eigenvalue weighted by molar-refractivity contribution is 5.72. The van der Waals surface area contributed by atoms with Crippen molar-refractivity contribution in [2.75, 3.05) is 13.1 Å². The molecule has 1 fully saturated rings. The number of halogens is 1. The van der Waals surface area contributed by atoms with Crippen LogP contribution in [0.15, 0.2) is 36.9 Å². The van der Waals surface area contributed by atoms with Gasteiger partial charge in [0.05, 0.1) is 22.6 Å². The molecule has 4 aromatic heterocycles. The molecule has 0 aromatic carbocycles. The average Bonchev–Trinajstić information content (AvgIpc) is 3.27. The Kier molecular flexibility index (Phi) is 3.75. The van der Waals surface area contributed by atoms with Crippen LogP contribution in [-0.2, 0) is 0 Å². The number of piperidine rings is 1. The number of nitrogens with zero attached hydrogens (tertiary/aromatic N) is 4. The summed E-state index contributed by atoms with van der Waals surface area (Å²) in [7, 11) is 0. The highest BCUT2D eigenvalue weighted by atomic mass is 19.1. The van der Waals surface area contributed by atoms with E-state index in [-0.39, 0.29) is 5.82 Å². The van der Waals surface area contributed by atoms with Crippen LogP contribution < -0.4 is 5.32 Å². The molecule has 5 nitrogen and oxygen atoms in total. The normalized spacial score (nSPS) is 15.8. The summed E-state index contributed by atoms with van der Waals surface area (Å²) in [5, 5.41) is 3.37. The van der Waals surface area contributed by atoms with Gasteiger partial charge < -0.3 is 14.1 Å². The van der Waals surface area contributed by atoms with Crippen LogP contribution in [0.5, 0.6) is 0 Å². The molecule has 27 heavy (non-hydrogen) atoms. The molecule has 138 valence electrons. The largest absolute Gasteiger partial charge is 0.320 e. The van der Waals surface area contributed by atoms with Crippen LogP contribution in [0.1, 0.15) is 35.8 Å². The lowest BCUT2D eigenvalue weighted by molar-refractivity contribution is 0.454. The third kappa shape index (κ3) is 2.80. The van der Waals surface area contributed by atoms with Crippen LogP contribution in [0.2, 0.25) is 0 Å². The number of imidazole rings is 1. The van der Waals surface area contributed by atoms with E-state index in [9.17, 15) is 4.39 Å². The number of aryl methyl sites for hydroxylation is 2. The van der Waals surface area contributed by atoms with Gasteiger partial charge in [0.2, 0.25) is 0 Å². The van der Waals surface area contributed by atoms with Gasteiger partial charge >= 0.3 is 0 Å². The molecule has 1 N–H and O–H groups in total. The Bertz CT molecular complexity index is 1150. The molecule has 0 spiro atoms. The molecule has 0 saturated carbocycles. The minimum absolute atomic E-state index is 0.283. The van der Waals surface area contributed by atoms with Gasteiger partial charge in [-0.15, -0.1) is 0 Å². The molecule has 0 amide bonds. The zero-order valence-corrected chi connectivity index (χ0v) is 15.5. The van der Waals surface area contributed by atoms with E-state index in [1.165, 1.54) is 0 Å². The summed E-state index contributed by atoms with van der Waals surface area (Å²) in [6.07, 6.45) is 10.1. The number of hydrogen-bond acceptors (Lipinski definition) is 3. The maximum Gasteiger partial charge on any atom is 0.173 e. The van der Waals surface area contributed by atoms with Crippen LogP contribution >= 0.6 is 0 Å². The summed E-state index contributed by atoms with van der Waals surface area (Å²) in [6, 6.07) is 3.64. The van der Waals surface area contributed by atoms with E-state index in [1.807, 2.05) is 43.0 Å². The second-order valence-corrected chi connectivity index (χ2v) is 7.49. The van der Waals surface area contributed by atoms with Crippen LogP contribution in [0, 0.1) is 19.7 Å². The first kappa shape index (κ1) is 16.4. The van der Waals surface area contributed by atoms with Gasteiger partial charge in [-0.05, 0) is 51.9 Å². The molecule has 1 aliphatic rings. The van der Waals surface area contributed by atoms with Gasteiger partial charge in [0.25, 0.3) is 0 Å². The highest BCUT2D eigenvalue weighted by Crippen LogP contribution is 2.29. The van der Waals surface area contributed by atoms with Crippen molar-refractivity contribution in [2.45, 2.75) is 32.6 Å². The van der Waals surface area contributed by atoms with Crippen molar-refractivity contribution >= 4 is 11.2 Å². The van der Waals surface area contributed by atoms with Gasteiger partial charge in [-0.25, -0.2) is 9.37 Å². The summed E-state index contributed by atoms with van der Waals surface area (Å²) in [6.45, 7) is 5.97. The molecule has 4 aromatic rings. The van der Waals surface area contributed by atoms with E-state index < -0.39 is 0 Å². The Morgan fingerprint density at radius 1 is 0.963 bits per heavy atom. The van der Waals surface area contributed by atoms with Crippen LogP contribution in [0.25, 0.3) is 22.3 Å². The standard InChI is InChI=1S/C21H22FN5/c1-13-9-26-10-17(8-20(26)14(2)24-13)16-7-18(22)21-25-19(12-27(21)11-16)15-3-5-23-6-4-15/h7-12,15,23H,3-6H2,1-2H3. The minimum atomic E-state index is -0.283. The molecule has 0 bridgehead atoms. The Hall–Kier alpha value is -2.73. The highest BCUT2D eigenvalue weighted by Gasteiger charge is 2.20. The van der Waals surface area contributed by atoms with Gasteiger partial charge in [0.1, 0.15) is 0 Å². The quantitative estimate of drug-likeness (QED) is 0.588. The number of pyridine rings is 1. The molecule has 0 radical (unpaired) electrons. The zero-order chi connectivity index (χ0) is 18.5. The first-order valence-corrected chi connectivity index (χ1v) is 9.44. The minimum Gasteiger partial charge on any atom is -0.320 e.